The Morgan fingerprint density at radius 3 is 2.29 bits per heavy atom. The van der Waals surface area contributed by atoms with Crippen LogP contribution in [-0.4, -0.2) is 41.3 Å². The molecule has 0 bridgehead atoms. The van der Waals surface area contributed by atoms with E-state index in [1.165, 1.54) is 34.6 Å². The average Bonchev–Trinajstić information content (AvgIpc) is 3.26. The fourth-order valence-corrected chi connectivity index (χ4v) is 6.84. The number of sulfonamides is 1. The van der Waals surface area contributed by atoms with E-state index in [1.807, 2.05) is 0 Å². The summed E-state index contributed by atoms with van der Waals surface area (Å²) in [7, 11) is -5.67. The molecule has 2 heterocycles. The summed E-state index contributed by atoms with van der Waals surface area (Å²) < 4.78 is 52.3. The number of anilines is 1. The van der Waals surface area contributed by atoms with Crippen LogP contribution in [0.3, 0.4) is 0 Å². The normalized spacial score (nSPS) is 16.4. The molecule has 130 valence electrons. The Morgan fingerprint density at radius 2 is 1.67 bits per heavy atom. The average molecular weight is 387 g/mol. The number of hydrogen-bond acceptors (Lipinski definition) is 6. The molecule has 1 aromatic carbocycles. The third kappa shape index (κ3) is 3.08. The van der Waals surface area contributed by atoms with Crippen LogP contribution in [-0.2, 0) is 19.9 Å². The molecule has 0 unspecified atom stereocenters. The van der Waals surface area contributed by atoms with Crippen molar-refractivity contribution in [3.63, 3.8) is 0 Å². The van der Waals surface area contributed by atoms with E-state index >= 15 is 0 Å². The zero-order valence-corrected chi connectivity index (χ0v) is 15.5. The monoisotopic (exact) mass is 386 g/mol. The lowest BCUT2D eigenvalue weighted by molar-refractivity contribution is 0.477. The Morgan fingerprint density at radius 1 is 1.00 bits per heavy atom. The Labute approximate surface area is 146 Å². The molecule has 24 heavy (non-hydrogen) atoms. The highest BCUT2D eigenvalue weighted by molar-refractivity contribution is 7.93. The van der Waals surface area contributed by atoms with E-state index < -0.39 is 19.9 Å². The molecular formula is C15H18N2O4S3. The van der Waals surface area contributed by atoms with Crippen LogP contribution in [0, 0.1) is 0 Å². The van der Waals surface area contributed by atoms with E-state index in [0.29, 0.717) is 13.1 Å². The predicted molar refractivity (Wildman–Crippen MR) is 93.8 cm³/mol. The first-order chi connectivity index (χ1) is 11.4. The number of sulfone groups is 1. The van der Waals surface area contributed by atoms with Crippen LogP contribution in [0.15, 0.2) is 50.4 Å². The maximum absolute atomic E-state index is 12.7. The molecule has 6 nitrogen and oxygen atoms in total. The largest absolute Gasteiger partial charge is 0.380 e. The summed E-state index contributed by atoms with van der Waals surface area (Å²) in [6.45, 7) is 0.964. The standard InChI is InChI=1S/C15H18N2O4S3/c1-16-14-7-8-15(22-14)23(18,19)12-5-4-6-13(11-12)24(20,21)17-9-2-3-10-17/h4-8,11,16H,2-3,9-10H2,1H3. The van der Waals surface area contributed by atoms with Crippen molar-refractivity contribution in [2.75, 3.05) is 25.5 Å². The second-order valence-corrected chi connectivity index (χ2v) is 10.7. The van der Waals surface area contributed by atoms with Crippen molar-refractivity contribution in [2.24, 2.45) is 0 Å². The van der Waals surface area contributed by atoms with E-state index in [0.717, 1.165) is 29.2 Å². The minimum absolute atomic E-state index is 0.00715. The maximum Gasteiger partial charge on any atom is 0.243 e. The van der Waals surface area contributed by atoms with Crippen LogP contribution < -0.4 is 5.32 Å². The van der Waals surface area contributed by atoms with Crippen LogP contribution in [0.25, 0.3) is 0 Å². The van der Waals surface area contributed by atoms with E-state index in [1.54, 1.807) is 13.1 Å². The molecule has 9 heteroatoms. The first-order valence-electron chi connectivity index (χ1n) is 7.48. The molecule has 3 rings (SSSR count). The van der Waals surface area contributed by atoms with Crippen molar-refractivity contribution in [1.82, 2.24) is 4.31 Å². The quantitative estimate of drug-likeness (QED) is 0.853. The number of benzene rings is 1. The SMILES string of the molecule is CNc1ccc(S(=O)(=O)c2cccc(S(=O)(=O)N3CCCC3)c2)s1. The fraction of sp³-hybridized carbons (Fsp3) is 0.333. The van der Waals surface area contributed by atoms with Gasteiger partial charge in [0, 0.05) is 20.1 Å². The van der Waals surface area contributed by atoms with Crippen molar-refractivity contribution in [3.05, 3.63) is 36.4 Å². The number of thiophene rings is 1. The molecule has 0 amide bonds. The highest BCUT2D eigenvalue weighted by atomic mass is 32.2. The first-order valence-corrected chi connectivity index (χ1v) is 11.2. The van der Waals surface area contributed by atoms with Gasteiger partial charge >= 0.3 is 0 Å². The minimum atomic E-state index is -3.74. The Balaban J connectivity index is 2.01. The molecule has 2 aromatic rings. The molecular weight excluding hydrogens is 368 g/mol. The van der Waals surface area contributed by atoms with Crippen molar-refractivity contribution in [3.8, 4) is 0 Å². The Kier molecular flexibility index (Phi) is 4.69. The van der Waals surface area contributed by atoms with Gasteiger partial charge in [-0.15, -0.1) is 11.3 Å². The molecule has 0 spiro atoms. The molecule has 0 radical (unpaired) electrons. The highest BCUT2D eigenvalue weighted by Gasteiger charge is 2.29. The van der Waals surface area contributed by atoms with Crippen molar-refractivity contribution < 1.29 is 16.8 Å². The molecule has 1 N–H and O–H groups in total. The molecule has 1 aromatic heterocycles. The summed E-state index contributed by atoms with van der Waals surface area (Å²) in [5.74, 6) is 0. The topological polar surface area (TPSA) is 83.5 Å². The van der Waals surface area contributed by atoms with Crippen molar-refractivity contribution in [2.45, 2.75) is 26.8 Å². The van der Waals surface area contributed by atoms with Crippen LogP contribution in [0.2, 0.25) is 0 Å². The highest BCUT2D eigenvalue weighted by Crippen LogP contribution is 2.32. The molecule has 1 saturated heterocycles. The van der Waals surface area contributed by atoms with Crippen LogP contribution in [0.1, 0.15) is 12.8 Å². The van der Waals surface area contributed by atoms with E-state index in [-0.39, 0.29) is 14.0 Å². The van der Waals surface area contributed by atoms with Crippen LogP contribution in [0.5, 0.6) is 0 Å². The number of rotatable bonds is 5. The van der Waals surface area contributed by atoms with E-state index in [9.17, 15) is 16.8 Å². The zero-order valence-electron chi connectivity index (χ0n) is 13.1. The Bertz CT molecular complexity index is 943. The van der Waals surface area contributed by atoms with Gasteiger partial charge in [0.1, 0.15) is 4.21 Å². The van der Waals surface area contributed by atoms with Gasteiger partial charge in [0.2, 0.25) is 19.9 Å². The van der Waals surface area contributed by atoms with Gasteiger partial charge in [-0.25, -0.2) is 16.8 Å². The van der Waals surface area contributed by atoms with Gasteiger partial charge in [0.25, 0.3) is 0 Å². The predicted octanol–water partition coefficient (Wildman–Crippen LogP) is 2.41. The van der Waals surface area contributed by atoms with Crippen molar-refractivity contribution in [1.29, 1.82) is 0 Å². The first kappa shape index (κ1) is 17.4. The fourth-order valence-electron chi connectivity index (χ4n) is 2.59. The lowest BCUT2D eigenvalue weighted by Crippen LogP contribution is -2.27. The molecule has 1 aliphatic rings. The van der Waals surface area contributed by atoms with E-state index in [2.05, 4.69) is 5.32 Å². The second-order valence-electron chi connectivity index (χ2n) is 5.46. The smallest absolute Gasteiger partial charge is 0.243 e. The summed E-state index contributed by atoms with van der Waals surface area (Å²) in [6.07, 6.45) is 1.67. The zero-order chi connectivity index (χ0) is 17.4. The van der Waals surface area contributed by atoms with Gasteiger partial charge in [-0.05, 0) is 43.2 Å². The summed E-state index contributed by atoms with van der Waals surface area (Å²) in [5, 5.41) is 3.63. The van der Waals surface area contributed by atoms with Gasteiger partial charge in [-0.2, -0.15) is 4.31 Å². The van der Waals surface area contributed by atoms with Crippen LogP contribution in [0.4, 0.5) is 5.00 Å². The summed E-state index contributed by atoms with van der Waals surface area (Å²) in [4.78, 5) is 0.0168. The van der Waals surface area contributed by atoms with Crippen molar-refractivity contribution >= 4 is 36.2 Å². The molecule has 1 fully saturated rings. The van der Waals surface area contributed by atoms with Gasteiger partial charge in [-0.3, -0.25) is 0 Å². The van der Waals surface area contributed by atoms with Gasteiger partial charge < -0.3 is 5.32 Å². The minimum Gasteiger partial charge on any atom is -0.380 e. The Hall–Kier alpha value is -1.42. The number of nitrogens with zero attached hydrogens (tertiary/aromatic N) is 1. The summed E-state index contributed by atoms with van der Waals surface area (Å²) in [5.41, 5.74) is 0. The maximum atomic E-state index is 12.7. The third-order valence-corrected chi connectivity index (χ3v) is 9.15. The van der Waals surface area contributed by atoms with Gasteiger partial charge in [-0.1, -0.05) is 6.07 Å². The number of hydrogen-bond donors (Lipinski definition) is 1. The molecule has 1 aliphatic heterocycles. The van der Waals surface area contributed by atoms with E-state index in [4.69, 9.17) is 0 Å². The molecule has 0 aliphatic carbocycles. The number of nitrogens with one attached hydrogen (secondary N) is 1. The lowest BCUT2D eigenvalue weighted by Gasteiger charge is -2.16. The summed E-state index contributed by atoms with van der Waals surface area (Å²) >= 11 is 1.11. The lowest BCUT2D eigenvalue weighted by atomic mass is 10.4. The van der Waals surface area contributed by atoms with Crippen LogP contribution >= 0.6 is 11.3 Å². The molecule has 0 atom stereocenters. The second kappa shape index (κ2) is 6.47. The van der Waals surface area contributed by atoms with Gasteiger partial charge in [0.05, 0.1) is 14.8 Å². The third-order valence-electron chi connectivity index (χ3n) is 3.91. The molecule has 0 saturated carbocycles. The summed E-state index contributed by atoms with van der Waals surface area (Å²) in [6, 6.07) is 8.80. The van der Waals surface area contributed by atoms with Gasteiger partial charge in [0.15, 0.2) is 0 Å².